The van der Waals surface area contributed by atoms with Gasteiger partial charge in [-0.1, -0.05) is 13.3 Å². The van der Waals surface area contributed by atoms with Gasteiger partial charge < -0.3 is 15.1 Å². The minimum atomic E-state index is -0.849. The molecule has 1 aliphatic rings. The Kier molecular flexibility index (Phi) is 7.17. The second-order valence-electron chi connectivity index (χ2n) is 4.82. The highest BCUT2D eigenvalue weighted by atomic mass is 16.9. The lowest BCUT2D eigenvalue weighted by Crippen LogP contribution is -2.41. The van der Waals surface area contributed by atoms with Crippen molar-refractivity contribution in [1.82, 2.24) is 10.2 Å². The maximum Gasteiger partial charge on any atom is 0.294 e. The number of unbranched alkanes of at least 4 members (excludes halogenated alkanes) is 1. The lowest BCUT2D eigenvalue weighted by atomic mass is 9.96. The number of hydrogen-bond donors (Lipinski definition) is 1. The summed E-state index contributed by atoms with van der Waals surface area (Å²) in [6.45, 7) is 5.31. The summed E-state index contributed by atoms with van der Waals surface area (Å²) in [6, 6.07) is 0. The molecule has 1 heterocycles. The predicted molar refractivity (Wildman–Crippen MR) is 70.0 cm³/mol. The highest BCUT2D eigenvalue weighted by molar-refractivity contribution is 5.78. The number of piperidine rings is 1. The number of nitrogens with zero attached hydrogens (tertiary/aromatic N) is 2. The van der Waals surface area contributed by atoms with Gasteiger partial charge in [-0.25, -0.2) is 0 Å². The Balaban J connectivity index is 2.12. The number of amides is 1. The summed E-state index contributed by atoms with van der Waals surface area (Å²) in [6.07, 6.45) is 4.13. The number of hydrogen-bond acceptors (Lipinski definition) is 5. The van der Waals surface area contributed by atoms with E-state index < -0.39 is 5.09 Å². The molecule has 0 aromatic heterocycles. The van der Waals surface area contributed by atoms with E-state index in [9.17, 15) is 14.9 Å². The van der Waals surface area contributed by atoms with Crippen LogP contribution in [0.25, 0.3) is 0 Å². The average molecular weight is 273 g/mol. The van der Waals surface area contributed by atoms with Crippen molar-refractivity contribution in [3.8, 4) is 0 Å². The molecule has 0 aromatic carbocycles. The molecule has 1 fully saturated rings. The van der Waals surface area contributed by atoms with Gasteiger partial charge in [0.1, 0.15) is 6.61 Å². The van der Waals surface area contributed by atoms with Crippen molar-refractivity contribution in [2.45, 2.75) is 32.6 Å². The van der Waals surface area contributed by atoms with E-state index in [2.05, 4.69) is 22.0 Å². The zero-order valence-corrected chi connectivity index (χ0v) is 11.5. The van der Waals surface area contributed by atoms with E-state index in [4.69, 9.17) is 0 Å². The molecule has 7 nitrogen and oxygen atoms in total. The normalized spacial score (nSPS) is 17.1. The molecule has 0 atom stereocenters. The fraction of sp³-hybridized carbons (Fsp3) is 0.917. The Bertz CT molecular complexity index is 291. The van der Waals surface area contributed by atoms with E-state index >= 15 is 0 Å². The zero-order valence-electron chi connectivity index (χ0n) is 11.5. The monoisotopic (exact) mass is 273 g/mol. The standard InChI is InChI=1S/C12H23N3O4/c1-2-3-7-14-8-4-11(5-9-14)12(16)13-6-10-19-15(17)18/h11H,2-10H2,1H3,(H,13,16). The molecule has 1 aliphatic heterocycles. The molecule has 7 heteroatoms. The number of carbonyl (C=O) groups is 1. The second kappa shape index (κ2) is 8.68. The molecule has 0 radical (unpaired) electrons. The summed E-state index contributed by atoms with van der Waals surface area (Å²) in [5, 5.41) is 11.8. The van der Waals surface area contributed by atoms with Crippen LogP contribution in [0.2, 0.25) is 0 Å². The highest BCUT2D eigenvalue weighted by Gasteiger charge is 2.24. The summed E-state index contributed by atoms with van der Waals surface area (Å²) in [5.74, 6) is 0.0237. The smallest absolute Gasteiger partial charge is 0.294 e. The molecule has 1 rings (SSSR count). The molecule has 0 bridgehead atoms. The number of nitrogens with one attached hydrogen (secondary N) is 1. The van der Waals surface area contributed by atoms with Gasteiger partial charge in [-0.2, -0.15) is 0 Å². The first kappa shape index (κ1) is 15.7. The third kappa shape index (κ3) is 6.37. The van der Waals surface area contributed by atoms with Gasteiger partial charge in [-0.05, 0) is 38.9 Å². The molecule has 0 aromatic rings. The van der Waals surface area contributed by atoms with Crippen LogP contribution in [-0.2, 0) is 9.63 Å². The van der Waals surface area contributed by atoms with Crippen LogP contribution in [0.5, 0.6) is 0 Å². The highest BCUT2D eigenvalue weighted by Crippen LogP contribution is 2.17. The van der Waals surface area contributed by atoms with Crippen molar-refractivity contribution in [1.29, 1.82) is 0 Å². The minimum absolute atomic E-state index is 0.0120. The number of carbonyl (C=O) groups excluding carboxylic acids is 1. The molecular formula is C12H23N3O4. The van der Waals surface area contributed by atoms with Crippen LogP contribution < -0.4 is 5.32 Å². The molecule has 0 unspecified atom stereocenters. The Hall–Kier alpha value is -1.37. The molecule has 19 heavy (non-hydrogen) atoms. The molecule has 1 amide bonds. The van der Waals surface area contributed by atoms with E-state index in [0.717, 1.165) is 32.5 Å². The molecule has 1 saturated heterocycles. The summed E-state index contributed by atoms with van der Waals surface area (Å²) < 4.78 is 0. The summed E-state index contributed by atoms with van der Waals surface area (Å²) >= 11 is 0. The average Bonchev–Trinajstić information content (AvgIpc) is 2.41. The van der Waals surface area contributed by atoms with E-state index in [0.29, 0.717) is 0 Å². The van der Waals surface area contributed by atoms with Crippen LogP contribution in [0.1, 0.15) is 32.6 Å². The molecule has 110 valence electrons. The quantitative estimate of drug-likeness (QED) is 0.402. The van der Waals surface area contributed by atoms with Crippen molar-refractivity contribution in [3.63, 3.8) is 0 Å². The first-order valence-corrected chi connectivity index (χ1v) is 6.91. The van der Waals surface area contributed by atoms with Gasteiger partial charge in [0.25, 0.3) is 5.09 Å². The minimum Gasteiger partial charge on any atom is -0.354 e. The zero-order chi connectivity index (χ0) is 14.1. The Labute approximate surface area is 113 Å². The molecule has 0 aliphatic carbocycles. The van der Waals surface area contributed by atoms with Crippen LogP contribution >= 0.6 is 0 Å². The van der Waals surface area contributed by atoms with Crippen molar-refractivity contribution < 1.29 is 14.7 Å². The Morgan fingerprint density at radius 3 is 2.74 bits per heavy atom. The maximum absolute atomic E-state index is 11.8. The number of likely N-dealkylation sites (tertiary alicyclic amines) is 1. The van der Waals surface area contributed by atoms with E-state index in [1.165, 1.54) is 12.8 Å². The van der Waals surface area contributed by atoms with Crippen molar-refractivity contribution >= 4 is 5.91 Å². The van der Waals surface area contributed by atoms with Crippen molar-refractivity contribution in [2.24, 2.45) is 5.92 Å². The predicted octanol–water partition coefficient (Wildman–Crippen LogP) is 0.823. The van der Waals surface area contributed by atoms with Gasteiger partial charge >= 0.3 is 0 Å². The molecule has 1 N–H and O–H groups in total. The van der Waals surface area contributed by atoms with Gasteiger partial charge in [0, 0.05) is 12.5 Å². The fourth-order valence-electron chi connectivity index (χ4n) is 2.24. The summed E-state index contributed by atoms with van der Waals surface area (Å²) in [4.78, 5) is 28.3. The van der Waals surface area contributed by atoms with Crippen molar-refractivity contribution in [3.05, 3.63) is 10.1 Å². The van der Waals surface area contributed by atoms with Crippen LogP contribution in [0.4, 0.5) is 0 Å². The summed E-state index contributed by atoms with van der Waals surface area (Å²) in [7, 11) is 0. The van der Waals surface area contributed by atoms with Gasteiger partial charge in [-0.15, -0.1) is 10.1 Å². The Morgan fingerprint density at radius 2 is 2.16 bits per heavy atom. The first-order valence-electron chi connectivity index (χ1n) is 6.91. The van der Waals surface area contributed by atoms with Gasteiger partial charge in [-0.3, -0.25) is 4.79 Å². The third-order valence-corrected chi connectivity index (χ3v) is 3.38. The van der Waals surface area contributed by atoms with Crippen LogP contribution in [0, 0.1) is 16.0 Å². The van der Waals surface area contributed by atoms with E-state index in [1.54, 1.807) is 0 Å². The van der Waals surface area contributed by atoms with E-state index in [-0.39, 0.29) is 25.0 Å². The Morgan fingerprint density at radius 1 is 1.47 bits per heavy atom. The lowest BCUT2D eigenvalue weighted by Gasteiger charge is -2.31. The van der Waals surface area contributed by atoms with Gasteiger partial charge in [0.05, 0.1) is 0 Å². The fourth-order valence-corrected chi connectivity index (χ4v) is 2.24. The topological polar surface area (TPSA) is 84.7 Å². The molecule has 0 saturated carbocycles. The largest absolute Gasteiger partial charge is 0.354 e. The van der Waals surface area contributed by atoms with Gasteiger partial charge in [0.2, 0.25) is 5.91 Å². The second-order valence-corrected chi connectivity index (χ2v) is 4.82. The van der Waals surface area contributed by atoms with E-state index in [1.807, 2.05) is 0 Å². The molecular weight excluding hydrogens is 250 g/mol. The third-order valence-electron chi connectivity index (χ3n) is 3.38. The van der Waals surface area contributed by atoms with Crippen LogP contribution in [-0.4, -0.2) is 48.7 Å². The van der Waals surface area contributed by atoms with Crippen LogP contribution in [0.15, 0.2) is 0 Å². The SMILES string of the molecule is CCCCN1CCC(C(=O)NCCO[N+](=O)[O-])CC1. The number of rotatable bonds is 8. The summed E-state index contributed by atoms with van der Waals surface area (Å²) in [5.41, 5.74) is 0. The van der Waals surface area contributed by atoms with Crippen molar-refractivity contribution in [2.75, 3.05) is 32.8 Å². The maximum atomic E-state index is 11.8. The van der Waals surface area contributed by atoms with Crippen LogP contribution in [0.3, 0.4) is 0 Å². The first-order chi connectivity index (χ1) is 9.13. The molecule has 0 spiro atoms. The lowest BCUT2D eigenvalue weighted by molar-refractivity contribution is -0.757. The van der Waals surface area contributed by atoms with Gasteiger partial charge in [0.15, 0.2) is 0 Å².